The molecule has 0 amide bonds. The Balaban J connectivity index is 1.64. The second-order valence-electron chi connectivity index (χ2n) is 6.21. The smallest absolute Gasteiger partial charge is 0.241 e. The summed E-state index contributed by atoms with van der Waals surface area (Å²) in [7, 11) is -3.52. The van der Waals surface area contributed by atoms with E-state index >= 15 is 0 Å². The van der Waals surface area contributed by atoms with Crippen LogP contribution in [0.5, 0.6) is 0 Å². The van der Waals surface area contributed by atoms with E-state index in [0.717, 1.165) is 50.3 Å². The Hall–Kier alpha value is -1.73. The Morgan fingerprint density at radius 3 is 2.40 bits per heavy atom. The van der Waals surface area contributed by atoms with Crippen LogP contribution in [-0.4, -0.2) is 52.6 Å². The summed E-state index contributed by atoms with van der Waals surface area (Å²) in [5.41, 5.74) is 1.64. The average molecular weight is 359 g/mol. The minimum absolute atomic E-state index is 0.336. The topological polar surface area (TPSA) is 61.4 Å². The zero-order valence-electron chi connectivity index (χ0n) is 14.3. The maximum atomic E-state index is 12.7. The lowest BCUT2D eigenvalue weighted by atomic mass is 10.1. The Morgan fingerprint density at radius 1 is 0.960 bits per heavy atom. The molecule has 25 heavy (non-hydrogen) atoms. The van der Waals surface area contributed by atoms with E-state index < -0.39 is 10.0 Å². The predicted molar refractivity (Wildman–Crippen MR) is 101 cm³/mol. The monoisotopic (exact) mass is 359 g/mol. The van der Waals surface area contributed by atoms with Gasteiger partial charge in [0, 0.05) is 38.3 Å². The SMILES string of the molecule is O=S(=O)(NCCCN1CCNCC1)c1ccccc1-c1ccccc1. The fourth-order valence-corrected chi connectivity index (χ4v) is 4.38. The molecule has 1 saturated heterocycles. The lowest BCUT2D eigenvalue weighted by molar-refractivity contribution is 0.239. The molecule has 5 nitrogen and oxygen atoms in total. The Morgan fingerprint density at radius 2 is 1.64 bits per heavy atom. The summed E-state index contributed by atoms with van der Waals surface area (Å²) >= 11 is 0. The molecule has 1 aliphatic heterocycles. The van der Waals surface area contributed by atoms with Crippen molar-refractivity contribution in [2.45, 2.75) is 11.3 Å². The molecule has 6 heteroatoms. The highest BCUT2D eigenvalue weighted by atomic mass is 32.2. The molecule has 0 radical (unpaired) electrons. The van der Waals surface area contributed by atoms with Gasteiger partial charge in [0.1, 0.15) is 0 Å². The van der Waals surface area contributed by atoms with Gasteiger partial charge in [-0.1, -0.05) is 48.5 Å². The van der Waals surface area contributed by atoms with Crippen molar-refractivity contribution in [1.29, 1.82) is 0 Å². The molecule has 0 aromatic heterocycles. The number of nitrogens with one attached hydrogen (secondary N) is 2. The van der Waals surface area contributed by atoms with Crippen LogP contribution < -0.4 is 10.0 Å². The molecule has 2 aromatic carbocycles. The number of piperazine rings is 1. The van der Waals surface area contributed by atoms with Gasteiger partial charge in [-0.15, -0.1) is 0 Å². The van der Waals surface area contributed by atoms with Crippen LogP contribution in [0.25, 0.3) is 11.1 Å². The Bertz CT molecular complexity index is 772. The van der Waals surface area contributed by atoms with Gasteiger partial charge in [0.15, 0.2) is 0 Å². The minimum Gasteiger partial charge on any atom is -0.314 e. The van der Waals surface area contributed by atoms with Gasteiger partial charge in [-0.2, -0.15) is 0 Å². The lowest BCUT2D eigenvalue weighted by Crippen LogP contribution is -2.44. The molecule has 2 N–H and O–H groups in total. The third-order valence-corrected chi connectivity index (χ3v) is 5.93. The molecule has 0 atom stereocenters. The van der Waals surface area contributed by atoms with Crippen LogP contribution in [0.2, 0.25) is 0 Å². The number of rotatable bonds is 7. The molecule has 0 spiro atoms. The molecule has 0 bridgehead atoms. The van der Waals surface area contributed by atoms with Crippen LogP contribution in [-0.2, 0) is 10.0 Å². The third kappa shape index (κ3) is 4.89. The minimum atomic E-state index is -3.52. The zero-order chi connectivity index (χ0) is 17.5. The van der Waals surface area contributed by atoms with Gasteiger partial charge >= 0.3 is 0 Å². The van der Waals surface area contributed by atoms with Crippen molar-refractivity contribution >= 4 is 10.0 Å². The predicted octanol–water partition coefficient (Wildman–Crippen LogP) is 1.93. The first-order chi connectivity index (χ1) is 12.2. The van der Waals surface area contributed by atoms with Crippen molar-refractivity contribution in [3.63, 3.8) is 0 Å². The maximum Gasteiger partial charge on any atom is 0.241 e. The van der Waals surface area contributed by atoms with Crippen molar-refractivity contribution < 1.29 is 8.42 Å². The van der Waals surface area contributed by atoms with Gasteiger partial charge < -0.3 is 10.2 Å². The molecule has 0 saturated carbocycles. The maximum absolute atomic E-state index is 12.7. The first kappa shape index (κ1) is 18.1. The van der Waals surface area contributed by atoms with Crippen LogP contribution in [0, 0.1) is 0 Å². The number of hydrogen-bond acceptors (Lipinski definition) is 4. The second kappa shape index (κ2) is 8.58. The fraction of sp³-hybridized carbons (Fsp3) is 0.368. The summed E-state index contributed by atoms with van der Waals surface area (Å²) in [5.74, 6) is 0. The molecule has 0 unspecified atom stereocenters. The van der Waals surface area contributed by atoms with Crippen molar-refractivity contribution in [2.24, 2.45) is 0 Å². The van der Waals surface area contributed by atoms with Gasteiger partial charge in [-0.05, 0) is 24.6 Å². The van der Waals surface area contributed by atoms with Crippen molar-refractivity contribution in [2.75, 3.05) is 39.3 Å². The first-order valence-electron chi connectivity index (χ1n) is 8.74. The van der Waals surface area contributed by atoms with Gasteiger partial charge in [0.05, 0.1) is 4.90 Å². The van der Waals surface area contributed by atoms with E-state index in [0.29, 0.717) is 11.4 Å². The Kier molecular flexibility index (Phi) is 6.20. The molecular weight excluding hydrogens is 334 g/mol. The normalized spacial score (nSPS) is 16.0. The van der Waals surface area contributed by atoms with Crippen LogP contribution in [0.15, 0.2) is 59.5 Å². The lowest BCUT2D eigenvalue weighted by Gasteiger charge is -2.27. The summed E-state index contributed by atoms with van der Waals surface area (Å²) in [6.07, 6.45) is 0.812. The molecule has 2 aromatic rings. The summed E-state index contributed by atoms with van der Waals surface area (Å²) in [4.78, 5) is 2.70. The van der Waals surface area contributed by atoms with E-state index in [-0.39, 0.29) is 0 Å². The van der Waals surface area contributed by atoms with Gasteiger partial charge in [0.2, 0.25) is 10.0 Å². The highest BCUT2D eigenvalue weighted by molar-refractivity contribution is 7.89. The molecule has 3 rings (SSSR count). The summed E-state index contributed by atoms with van der Waals surface area (Å²) in [6.45, 7) is 5.46. The second-order valence-corrected chi connectivity index (χ2v) is 7.94. The molecule has 134 valence electrons. The zero-order valence-corrected chi connectivity index (χ0v) is 15.1. The first-order valence-corrected chi connectivity index (χ1v) is 10.2. The molecule has 1 heterocycles. The number of benzene rings is 2. The standard InChI is InChI=1S/C19H25N3O2S/c23-25(24,21-11-6-14-22-15-12-20-13-16-22)19-10-5-4-9-18(19)17-7-2-1-3-8-17/h1-5,7-10,20-21H,6,11-16H2. The van der Waals surface area contributed by atoms with Crippen molar-refractivity contribution in [3.05, 3.63) is 54.6 Å². The number of nitrogens with zero attached hydrogens (tertiary/aromatic N) is 1. The van der Waals surface area contributed by atoms with E-state index in [1.807, 2.05) is 42.5 Å². The van der Waals surface area contributed by atoms with Gasteiger partial charge in [-0.25, -0.2) is 13.1 Å². The highest BCUT2D eigenvalue weighted by Crippen LogP contribution is 2.26. The molecule has 1 aliphatic rings. The van der Waals surface area contributed by atoms with E-state index in [2.05, 4.69) is 14.9 Å². The van der Waals surface area contributed by atoms with Crippen LogP contribution in [0.3, 0.4) is 0 Å². The summed E-state index contributed by atoms with van der Waals surface area (Å²) in [6, 6.07) is 16.8. The average Bonchev–Trinajstić information content (AvgIpc) is 2.67. The molecule has 0 aliphatic carbocycles. The number of sulfonamides is 1. The fourth-order valence-electron chi connectivity index (χ4n) is 3.08. The third-order valence-electron chi connectivity index (χ3n) is 4.41. The summed E-state index contributed by atoms with van der Waals surface area (Å²) in [5, 5.41) is 3.32. The van der Waals surface area contributed by atoms with Crippen LogP contribution >= 0.6 is 0 Å². The van der Waals surface area contributed by atoms with E-state index in [4.69, 9.17) is 0 Å². The molecule has 1 fully saturated rings. The summed E-state index contributed by atoms with van der Waals surface area (Å²) < 4.78 is 28.2. The quantitative estimate of drug-likeness (QED) is 0.742. The van der Waals surface area contributed by atoms with Crippen LogP contribution in [0.4, 0.5) is 0 Å². The highest BCUT2D eigenvalue weighted by Gasteiger charge is 2.18. The largest absolute Gasteiger partial charge is 0.314 e. The van der Waals surface area contributed by atoms with E-state index in [1.165, 1.54) is 0 Å². The van der Waals surface area contributed by atoms with Gasteiger partial charge in [-0.3, -0.25) is 0 Å². The van der Waals surface area contributed by atoms with Crippen molar-refractivity contribution in [1.82, 2.24) is 14.9 Å². The van der Waals surface area contributed by atoms with Gasteiger partial charge in [0.25, 0.3) is 0 Å². The van der Waals surface area contributed by atoms with Crippen LogP contribution in [0.1, 0.15) is 6.42 Å². The Labute approximate surface area is 150 Å². The van der Waals surface area contributed by atoms with E-state index in [9.17, 15) is 8.42 Å². The van der Waals surface area contributed by atoms with E-state index in [1.54, 1.807) is 12.1 Å². The number of hydrogen-bond donors (Lipinski definition) is 2. The van der Waals surface area contributed by atoms with Crippen molar-refractivity contribution in [3.8, 4) is 11.1 Å². The molecular formula is C19H25N3O2S.